The van der Waals surface area contributed by atoms with Crippen LogP contribution in [0.1, 0.15) is 64.7 Å². The number of unbranched alkanes of at least 4 members (excludes halogenated alkanes) is 5. The van der Waals surface area contributed by atoms with Gasteiger partial charge in [-0.05, 0) is 19.3 Å². The minimum Gasteiger partial charge on any atom is -0.469 e. The lowest BCUT2D eigenvalue weighted by Crippen LogP contribution is -2.39. The Morgan fingerprint density at radius 1 is 1.14 bits per heavy atom. The molecule has 0 bridgehead atoms. The topological polar surface area (TPSA) is 72.5 Å². The van der Waals surface area contributed by atoms with Gasteiger partial charge in [0.05, 0.1) is 18.3 Å². The number of hydrogen-bond donors (Lipinski definition) is 1. The average Bonchev–Trinajstić information content (AvgIpc) is 2.95. The molecule has 5 nitrogen and oxygen atoms in total. The molecule has 0 aromatic carbocycles. The second kappa shape index (κ2) is 9.41. The zero-order valence-corrected chi connectivity index (χ0v) is 14.1. The van der Waals surface area contributed by atoms with Crippen molar-refractivity contribution in [3.05, 3.63) is 0 Å². The summed E-state index contributed by atoms with van der Waals surface area (Å²) in [7, 11) is -2.10. The first-order valence-electron chi connectivity index (χ1n) is 8.09. The number of carbonyl (C=O) groups excluding carboxylic acids is 1. The fourth-order valence-corrected chi connectivity index (χ4v) is 4.74. The molecule has 0 spiro atoms. The van der Waals surface area contributed by atoms with Gasteiger partial charge in [0.15, 0.2) is 0 Å². The van der Waals surface area contributed by atoms with E-state index >= 15 is 0 Å². The predicted octanol–water partition coefficient (Wildman–Crippen LogP) is 2.61. The lowest BCUT2D eigenvalue weighted by atomic mass is 10.1. The highest BCUT2D eigenvalue weighted by atomic mass is 32.2. The van der Waals surface area contributed by atoms with Gasteiger partial charge in [-0.2, -0.15) is 0 Å². The molecule has 21 heavy (non-hydrogen) atoms. The summed E-state index contributed by atoms with van der Waals surface area (Å²) >= 11 is 0. The molecule has 1 rings (SSSR count). The molecule has 1 aliphatic carbocycles. The maximum absolute atomic E-state index is 12.3. The second-order valence-electron chi connectivity index (χ2n) is 5.81. The summed E-state index contributed by atoms with van der Waals surface area (Å²) in [5.74, 6) is -0.903. The van der Waals surface area contributed by atoms with E-state index in [0.717, 1.165) is 25.7 Å². The molecule has 1 aliphatic rings. The van der Waals surface area contributed by atoms with Crippen molar-refractivity contribution in [2.75, 3.05) is 13.7 Å². The monoisotopic (exact) mass is 319 g/mol. The van der Waals surface area contributed by atoms with Crippen LogP contribution in [0.15, 0.2) is 0 Å². The fraction of sp³-hybridized carbons (Fsp3) is 0.933. The molecule has 0 radical (unpaired) electrons. The van der Waals surface area contributed by atoms with Gasteiger partial charge in [0.25, 0.3) is 0 Å². The van der Waals surface area contributed by atoms with Gasteiger partial charge in [0, 0.05) is 6.54 Å². The van der Waals surface area contributed by atoms with Crippen LogP contribution in [0.3, 0.4) is 0 Å². The molecule has 0 heterocycles. The molecule has 1 saturated carbocycles. The summed E-state index contributed by atoms with van der Waals surface area (Å²) in [6.07, 6.45) is 8.66. The summed E-state index contributed by atoms with van der Waals surface area (Å²) < 4.78 is 31.9. The highest BCUT2D eigenvalue weighted by molar-refractivity contribution is 7.90. The van der Waals surface area contributed by atoms with Gasteiger partial charge in [-0.15, -0.1) is 0 Å². The second-order valence-corrected chi connectivity index (χ2v) is 7.79. The van der Waals surface area contributed by atoms with Gasteiger partial charge in [0.1, 0.15) is 0 Å². The van der Waals surface area contributed by atoms with E-state index in [1.807, 2.05) is 0 Å². The van der Waals surface area contributed by atoms with Crippen molar-refractivity contribution >= 4 is 16.0 Å². The van der Waals surface area contributed by atoms with Crippen LogP contribution >= 0.6 is 0 Å². The Morgan fingerprint density at radius 2 is 1.81 bits per heavy atom. The smallest absolute Gasteiger partial charge is 0.310 e. The van der Waals surface area contributed by atoms with Crippen LogP contribution in [-0.2, 0) is 19.6 Å². The lowest BCUT2D eigenvalue weighted by molar-refractivity contribution is -0.145. The van der Waals surface area contributed by atoms with E-state index in [1.165, 1.54) is 26.4 Å². The molecule has 2 atom stereocenters. The SMILES string of the molecule is CCCCCCCCNS(=O)(=O)C1CCCC1C(=O)OC. The van der Waals surface area contributed by atoms with Crippen molar-refractivity contribution in [3.63, 3.8) is 0 Å². The van der Waals surface area contributed by atoms with Gasteiger partial charge >= 0.3 is 5.97 Å². The Morgan fingerprint density at radius 3 is 2.48 bits per heavy atom. The third kappa shape index (κ3) is 5.94. The first-order valence-corrected chi connectivity index (χ1v) is 9.64. The summed E-state index contributed by atoms with van der Waals surface area (Å²) in [6.45, 7) is 2.65. The standard InChI is InChI=1S/C15H29NO4S/c1-3-4-5-6-7-8-12-16-21(18,19)14-11-9-10-13(14)15(17)20-2/h13-14,16H,3-12H2,1-2H3. The lowest BCUT2D eigenvalue weighted by Gasteiger charge is -2.18. The minimum atomic E-state index is -3.41. The zero-order valence-electron chi connectivity index (χ0n) is 13.3. The molecule has 0 aromatic heterocycles. The third-order valence-corrected chi connectivity index (χ3v) is 6.16. The number of carbonyl (C=O) groups is 1. The third-order valence-electron chi connectivity index (χ3n) is 4.19. The highest BCUT2D eigenvalue weighted by Gasteiger charge is 2.41. The van der Waals surface area contributed by atoms with E-state index in [2.05, 4.69) is 11.6 Å². The Bertz CT molecular complexity index is 408. The van der Waals surface area contributed by atoms with E-state index in [0.29, 0.717) is 19.4 Å². The molecule has 6 heteroatoms. The first-order chi connectivity index (χ1) is 10.0. The normalized spacial score (nSPS) is 22.4. The van der Waals surface area contributed by atoms with Gasteiger partial charge in [-0.1, -0.05) is 45.4 Å². The number of ether oxygens (including phenoxy) is 1. The number of esters is 1. The van der Waals surface area contributed by atoms with E-state index < -0.39 is 27.2 Å². The molecular formula is C15H29NO4S. The molecule has 1 fully saturated rings. The zero-order chi connectivity index (χ0) is 15.7. The summed E-state index contributed by atoms with van der Waals surface area (Å²) in [4.78, 5) is 11.6. The number of hydrogen-bond acceptors (Lipinski definition) is 4. The van der Waals surface area contributed by atoms with Crippen molar-refractivity contribution in [2.45, 2.75) is 70.0 Å². The van der Waals surface area contributed by atoms with Gasteiger partial charge in [-0.3, -0.25) is 4.79 Å². The molecular weight excluding hydrogens is 290 g/mol. The number of sulfonamides is 1. The Kier molecular flexibility index (Phi) is 8.26. The first kappa shape index (κ1) is 18.4. The van der Waals surface area contributed by atoms with Crippen LogP contribution in [0.5, 0.6) is 0 Å². The van der Waals surface area contributed by atoms with Crippen LogP contribution in [-0.4, -0.2) is 33.3 Å². The number of methoxy groups -OCH3 is 1. The Hall–Kier alpha value is -0.620. The van der Waals surface area contributed by atoms with Crippen molar-refractivity contribution in [3.8, 4) is 0 Å². The van der Waals surface area contributed by atoms with Crippen LogP contribution in [0.25, 0.3) is 0 Å². The maximum atomic E-state index is 12.3. The molecule has 0 aliphatic heterocycles. The van der Waals surface area contributed by atoms with Crippen LogP contribution in [0.2, 0.25) is 0 Å². The van der Waals surface area contributed by atoms with Crippen molar-refractivity contribution in [1.29, 1.82) is 0 Å². The van der Waals surface area contributed by atoms with E-state index in [9.17, 15) is 13.2 Å². The quantitative estimate of drug-likeness (QED) is 0.496. The average molecular weight is 319 g/mol. The van der Waals surface area contributed by atoms with E-state index in [-0.39, 0.29) is 0 Å². The molecule has 0 aromatic rings. The highest BCUT2D eigenvalue weighted by Crippen LogP contribution is 2.31. The summed E-state index contributed by atoms with van der Waals surface area (Å²) in [5, 5.41) is -0.620. The van der Waals surface area contributed by atoms with Crippen molar-refractivity contribution in [2.24, 2.45) is 5.92 Å². The Labute approximate surface area is 128 Å². The Balaban J connectivity index is 2.34. The van der Waals surface area contributed by atoms with E-state index in [1.54, 1.807) is 0 Å². The summed E-state index contributed by atoms with van der Waals surface area (Å²) in [5.41, 5.74) is 0. The van der Waals surface area contributed by atoms with Gasteiger partial charge in [-0.25, -0.2) is 13.1 Å². The molecule has 124 valence electrons. The van der Waals surface area contributed by atoms with Crippen LogP contribution < -0.4 is 4.72 Å². The fourth-order valence-electron chi connectivity index (χ4n) is 2.95. The van der Waals surface area contributed by atoms with Gasteiger partial charge in [0.2, 0.25) is 10.0 Å². The van der Waals surface area contributed by atoms with Crippen LogP contribution in [0.4, 0.5) is 0 Å². The van der Waals surface area contributed by atoms with Gasteiger partial charge < -0.3 is 4.74 Å². The minimum absolute atomic E-state index is 0.401. The predicted molar refractivity (Wildman–Crippen MR) is 83.4 cm³/mol. The van der Waals surface area contributed by atoms with Crippen molar-refractivity contribution in [1.82, 2.24) is 4.72 Å². The number of nitrogens with one attached hydrogen (secondary N) is 1. The van der Waals surface area contributed by atoms with Crippen LogP contribution in [0, 0.1) is 5.92 Å². The maximum Gasteiger partial charge on any atom is 0.310 e. The number of rotatable bonds is 10. The molecule has 1 N–H and O–H groups in total. The summed E-state index contributed by atoms with van der Waals surface area (Å²) in [6, 6.07) is 0. The molecule has 0 saturated heterocycles. The molecule has 2 unspecified atom stereocenters. The molecule has 0 amide bonds. The van der Waals surface area contributed by atoms with Crippen molar-refractivity contribution < 1.29 is 17.9 Å². The largest absolute Gasteiger partial charge is 0.469 e. The van der Waals surface area contributed by atoms with E-state index in [4.69, 9.17) is 4.74 Å².